The van der Waals surface area contributed by atoms with E-state index >= 15 is 0 Å². The Kier molecular flexibility index (Phi) is 11.9. The molecule has 2 aliphatic heterocycles. The molecule has 4 aliphatic rings. The maximum Gasteiger partial charge on any atom is 0.264 e. The fourth-order valence-electron chi connectivity index (χ4n) is 8.82. The number of aliphatic hydroxyl groups excluding tert-OH is 1. The van der Waals surface area contributed by atoms with Crippen LogP contribution in [0.5, 0.6) is 5.75 Å². The van der Waals surface area contributed by atoms with Crippen LogP contribution >= 0.6 is 11.6 Å². The molecule has 6 rings (SSSR count). The molecule has 2 bridgehead atoms. The minimum Gasteiger partial charge on any atom is -0.490 e. The Morgan fingerprint density at radius 1 is 1.17 bits per heavy atom. The number of hydrogen-bond donors (Lipinski definition) is 3. The molecule has 0 aromatic heterocycles. The van der Waals surface area contributed by atoms with Crippen molar-refractivity contribution in [2.75, 3.05) is 38.8 Å². The summed E-state index contributed by atoms with van der Waals surface area (Å²) >= 11 is 6.45. The van der Waals surface area contributed by atoms with Gasteiger partial charge >= 0.3 is 0 Å². The number of benzene rings is 2. The highest BCUT2D eigenvalue weighted by Gasteiger charge is 2.50. The largest absolute Gasteiger partial charge is 0.490 e. The summed E-state index contributed by atoms with van der Waals surface area (Å²) in [7, 11) is -1.27. The van der Waals surface area contributed by atoms with Crippen LogP contribution in [0.4, 0.5) is 5.69 Å². The molecule has 3 N–H and O–H groups in total. The number of ketones is 1. The molecule has 0 saturated heterocycles. The zero-order valence-corrected chi connectivity index (χ0v) is 33.2. The van der Waals surface area contributed by atoms with Crippen LogP contribution in [0.1, 0.15) is 80.8 Å². The molecule has 8 atom stereocenters. The first-order valence-electron chi connectivity index (χ1n) is 18.7. The molecule has 2 heterocycles. The number of halogens is 1. The number of methoxy groups -OCH3 is 2. The van der Waals surface area contributed by atoms with Gasteiger partial charge in [0.05, 0.1) is 29.6 Å². The fourth-order valence-corrected chi connectivity index (χ4v) is 10.3. The quantitative estimate of drug-likeness (QED) is 0.265. The van der Waals surface area contributed by atoms with Gasteiger partial charge in [-0.3, -0.25) is 14.4 Å². The number of carbonyl (C=O) groups is 3. The summed E-state index contributed by atoms with van der Waals surface area (Å²) in [6, 6.07) is 9.84. The van der Waals surface area contributed by atoms with Gasteiger partial charge in [0, 0.05) is 43.3 Å². The zero-order chi connectivity index (χ0) is 39.0. The number of Topliss-reactive ketones (excluding diaryl/α,β-unsaturated/α-hetero) is 1. The lowest BCUT2D eigenvalue weighted by Crippen LogP contribution is -2.56. The number of sulfonamides is 1. The van der Waals surface area contributed by atoms with Crippen LogP contribution in [-0.2, 0) is 40.9 Å². The Morgan fingerprint density at radius 3 is 2.63 bits per heavy atom. The number of amides is 2. The Labute approximate surface area is 323 Å². The van der Waals surface area contributed by atoms with E-state index in [4.69, 9.17) is 25.8 Å². The lowest BCUT2D eigenvalue weighted by atomic mass is 9.62. The van der Waals surface area contributed by atoms with Crippen molar-refractivity contribution in [3.8, 4) is 5.75 Å². The predicted molar refractivity (Wildman–Crippen MR) is 205 cm³/mol. The van der Waals surface area contributed by atoms with Crippen LogP contribution in [-0.4, -0.2) is 88.2 Å². The second-order valence-electron chi connectivity index (χ2n) is 15.6. The average Bonchev–Trinajstić information content (AvgIpc) is 3.27. The first-order valence-corrected chi connectivity index (χ1v) is 20.6. The van der Waals surface area contributed by atoms with Crippen molar-refractivity contribution in [2.24, 2.45) is 17.8 Å². The van der Waals surface area contributed by atoms with Gasteiger partial charge in [0.15, 0.2) is 12.1 Å². The minimum absolute atomic E-state index is 0.0361. The zero-order valence-electron chi connectivity index (χ0n) is 31.6. The molecule has 1 saturated carbocycles. The van der Waals surface area contributed by atoms with E-state index in [-0.39, 0.29) is 23.8 Å². The summed E-state index contributed by atoms with van der Waals surface area (Å²) in [5.41, 5.74) is 1.74. The van der Waals surface area contributed by atoms with E-state index in [1.54, 1.807) is 39.2 Å². The Hall–Kier alpha value is -3.49. The van der Waals surface area contributed by atoms with Crippen molar-refractivity contribution in [1.29, 1.82) is 0 Å². The molecular weight excluding hydrogens is 734 g/mol. The predicted octanol–water partition coefficient (Wildman–Crippen LogP) is 4.70. The van der Waals surface area contributed by atoms with Crippen LogP contribution in [0.25, 0.3) is 0 Å². The summed E-state index contributed by atoms with van der Waals surface area (Å²) in [5.74, 6) is -1.59. The van der Waals surface area contributed by atoms with Gasteiger partial charge in [-0.25, -0.2) is 13.1 Å². The first kappa shape index (κ1) is 40.2. The number of ether oxygens (including phenoxy) is 3. The molecule has 2 amide bonds. The minimum atomic E-state index is -4.08. The molecule has 1 unspecified atom stereocenters. The van der Waals surface area contributed by atoms with Gasteiger partial charge in [-0.1, -0.05) is 36.7 Å². The molecule has 1 spiro atoms. The average molecular weight is 786 g/mol. The Bertz CT molecular complexity index is 1910. The summed E-state index contributed by atoms with van der Waals surface area (Å²) in [4.78, 5) is 42.0. The molecule has 2 aromatic carbocycles. The fraction of sp³-hybridized carbons (Fsp3) is 0.575. The number of rotatable bonds is 7. The lowest BCUT2D eigenvalue weighted by molar-refractivity contribution is -0.147. The molecular formula is C40H52ClN3O9S. The van der Waals surface area contributed by atoms with Gasteiger partial charge in [0.1, 0.15) is 11.8 Å². The molecule has 12 nitrogen and oxygen atoms in total. The normalized spacial score (nSPS) is 30.9. The third-order valence-corrected chi connectivity index (χ3v) is 14.5. The first-order chi connectivity index (χ1) is 25.6. The molecule has 2 aromatic rings. The number of allylic oxidation sites excluding steroid dienone is 1. The smallest absolute Gasteiger partial charge is 0.264 e. The topological polar surface area (TPSA) is 161 Å². The molecule has 2 aliphatic carbocycles. The number of nitrogens with zero attached hydrogens (tertiary/aromatic N) is 1. The Balaban J connectivity index is 1.43. The molecule has 294 valence electrons. The van der Waals surface area contributed by atoms with E-state index in [2.05, 4.69) is 21.0 Å². The summed E-state index contributed by atoms with van der Waals surface area (Å²) < 4.78 is 47.3. The number of nitrogens with one attached hydrogen (secondary N) is 2. The monoisotopic (exact) mass is 785 g/mol. The summed E-state index contributed by atoms with van der Waals surface area (Å²) in [5, 5.41) is 12.7. The van der Waals surface area contributed by atoms with E-state index in [9.17, 15) is 27.9 Å². The second-order valence-corrected chi connectivity index (χ2v) is 18.1. The van der Waals surface area contributed by atoms with Crippen molar-refractivity contribution >= 4 is 44.9 Å². The number of aliphatic hydroxyl groups is 1. The number of hydrogen-bond acceptors (Lipinski definition) is 10. The summed E-state index contributed by atoms with van der Waals surface area (Å²) in [6.45, 7) is 6.16. The lowest BCUT2D eigenvalue weighted by Gasteiger charge is -2.50. The highest BCUT2D eigenvalue weighted by molar-refractivity contribution is 7.90. The SMILES string of the molecule is COC(O)[C@H](NC(=O)C[C@]1(OC)/C=C/C[C@H](C)[C@@H](C)S(=O)(=O)NC(=O)c2ccc3c(c2)N(C[C@@H]2CC[C@H]21)C[C@@]1(CCCc2cc(Cl)ccc21)CO3)C(C)=O. The van der Waals surface area contributed by atoms with Gasteiger partial charge < -0.3 is 29.5 Å². The number of carbonyl (C=O) groups excluding carboxylic acids is 3. The van der Waals surface area contributed by atoms with Gasteiger partial charge in [0.25, 0.3) is 5.91 Å². The second kappa shape index (κ2) is 15.9. The van der Waals surface area contributed by atoms with Crippen LogP contribution in [0.3, 0.4) is 0 Å². The molecule has 54 heavy (non-hydrogen) atoms. The van der Waals surface area contributed by atoms with Gasteiger partial charge in [0.2, 0.25) is 15.9 Å². The number of anilines is 1. The van der Waals surface area contributed by atoms with Crippen molar-refractivity contribution < 1.29 is 42.1 Å². The molecule has 1 fully saturated rings. The van der Waals surface area contributed by atoms with E-state index in [1.807, 2.05) is 24.3 Å². The van der Waals surface area contributed by atoms with Crippen LogP contribution in [0.15, 0.2) is 48.6 Å². The van der Waals surface area contributed by atoms with E-state index in [0.29, 0.717) is 42.6 Å². The van der Waals surface area contributed by atoms with Crippen molar-refractivity contribution in [2.45, 2.75) is 94.3 Å². The standard InChI is InChI=1S/C40H52ClN3O9S/c1-24-8-6-17-40(52-5,20-35(46)42-36(25(2)45)38(48)51-4)32-13-10-29(32)21-44-22-39(16-7-9-27-18-30(41)12-14-31(27)39)23-53-34-15-11-28(19-33(34)44)37(47)43-54(49,50)26(24)3/h6,11-12,14-15,17-19,24,26,29,32,36,38,48H,7-10,13,16,20-23H2,1-5H3,(H,42,46)(H,43,47)/b17-6+/t24-,26+,29-,32+,36+,38?,39-,40+/m0/s1. The van der Waals surface area contributed by atoms with E-state index in [0.717, 1.165) is 32.1 Å². The molecule has 14 heteroatoms. The van der Waals surface area contributed by atoms with Crippen molar-refractivity contribution in [3.05, 3.63) is 70.3 Å². The van der Waals surface area contributed by atoms with Crippen molar-refractivity contribution in [1.82, 2.24) is 10.0 Å². The van der Waals surface area contributed by atoms with Gasteiger partial charge in [-0.2, -0.15) is 0 Å². The number of aryl methyl sites for hydroxylation is 1. The molecule has 0 radical (unpaired) electrons. The van der Waals surface area contributed by atoms with Crippen molar-refractivity contribution in [3.63, 3.8) is 0 Å². The van der Waals surface area contributed by atoms with Crippen LogP contribution in [0, 0.1) is 17.8 Å². The maximum absolute atomic E-state index is 13.8. The van der Waals surface area contributed by atoms with Gasteiger partial charge in [-0.05, 0) is 112 Å². The highest BCUT2D eigenvalue weighted by Crippen LogP contribution is 2.50. The van der Waals surface area contributed by atoms with Crippen LogP contribution in [0.2, 0.25) is 5.02 Å². The third kappa shape index (κ3) is 7.93. The van der Waals surface area contributed by atoms with Crippen LogP contribution < -0.4 is 19.7 Å². The van der Waals surface area contributed by atoms with E-state index < -0.39 is 62.1 Å². The summed E-state index contributed by atoms with van der Waals surface area (Å²) in [6.07, 6.45) is 6.68. The van der Waals surface area contributed by atoms with Gasteiger partial charge in [-0.15, -0.1) is 0 Å². The Morgan fingerprint density at radius 2 is 1.94 bits per heavy atom. The maximum atomic E-state index is 13.8. The van der Waals surface area contributed by atoms with E-state index in [1.165, 1.54) is 25.2 Å². The third-order valence-electron chi connectivity index (χ3n) is 12.3. The highest BCUT2D eigenvalue weighted by atomic mass is 35.5. The number of fused-ring (bicyclic) bond motifs is 4.